The first kappa shape index (κ1) is 8.72. The van der Waals surface area contributed by atoms with Crippen LogP contribution in [0.25, 0.3) is 0 Å². The molecular weight excluding hydrogens is 125 g/mol. The van der Waals surface area contributed by atoms with Gasteiger partial charge in [0, 0.05) is 0 Å². The predicted octanol–water partition coefficient (Wildman–Crippen LogP) is -3.45. The third-order valence-corrected chi connectivity index (χ3v) is 0.760. The molecule has 0 saturated carbocycles. The Balaban J connectivity index is 0.000000810. The van der Waals surface area contributed by atoms with E-state index in [0.717, 1.165) is 0 Å². The van der Waals surface area contributed by atoms with Gasteiger partial charge in [-0.15, -0.1) is 10.2 Å². The Morgan fingerprint density at radius 3 is 1.80 bits per heavy atom. The zero-order chi connectivity index (χ0) is 6.69. The Bertz CT molecular complexity index is 261. The van der Waals surface area contributed by atoms with E-state index >= 15 is 0 Å². The first-order valence-corrected chi connectivity index (χ1v) is 2.09. The van der Waals surface area contributed by atoms with Crippen molar-refractivity contribution in [2.75, 3.05) is 0 Å². The number of nitriles is 2. The van der Waals surface area contributed by atoms with Crippen LogP contribution in [-0.4, -0.2) is 15.4 Å². The second kappa shape index (κ2) is 3.69. The molecule has 0 unspecified atom stereocenters. The molecule has 1 heterocycles. The Morgan fingerprint density at radius 2 is 1.50 bits per heavy atom. The minimum atomic E-state index is 0. The summed E-state index contributed by atoms with van der Waals surface area (Å²) < 4.78 is 0. The summed E-state index contributed by atoms with van der Waals surface area (Å²) in [6, 6.07) is 3.40. The Labute approximate surface area is 68.8 Å². The van der Waals surface area contributed by atoms with Crippen molar-refractivity contribution in [3.63, 3.8) is 0 Å². The van der Waals surface area contributed by atoms with Crippen LogP contribution in [0.2, 0.25) is 0 Å². The fraction of sp³-hybridized carbons (Fsp3) is 0. The number of rotatable bonds is 0. The molecule has 0 aliphatic heterocycles. The number of H-pyrrole nitrogens is 1. The zero-order valence-corrected chi connectivity index (χ0v) is 5.29. The summed E-state index contributed by atoms with van der Waals surface area (Å²) in [6.07, 6.45) is 0. The molecule has 0 aromatic carbocycles. The van der Waals surface area contributed by atoms with Crippen molar-refractivity contribution in [3.8, 4) is 12.1 Å². The van der Waals surface area contributed by atoms with E-state index in [-0.39, 0.29) is 30.2 Å². The average molecular weight is 126 g/mol. The molecule has 1 aromatic rings. The van der Waals surface area contributed by atoms with Crippen LogP contribution in [0.5, 0.6) is 0 Å². The van der Waals surface area contributed by atoms with Gasteiger partial charge < -0.3 is 0 Å². The van der Waals surface area contributed by atoms with Gasteiger partial charge in [0.2, 0.25) is 11.4 Å². The summed E-state index contributed by atoms with van der Waals surface area (Å²) in [6.45, 7) is 0. The molecule has 0 radical (unpaired) electrons. The van der Waals surface area contributed by atoms with Crippen LogP contribution in [0.15, 0.2) is 0 Å². The van der Waals surface area contributed by atoms with Gasteiger partial charge in [-0.3, -0.25) is 0 Å². The van der Waals surface area contributed by atoms with Gasteiger partial charge in [-0.2, -0.15) is 15.7 Å². The van der Waals surface area contributed by atoms with Gasteiger partial charge >= 0.3 is 18.9 Å². The van der Waals surface area contributed by atoms with Crippen molar-refractivity contribution >= 4 is 0 Å². The Hall–Kier alpha value is -1.28. The van der Waals surface area contributed by atoms with Crippen molar-refractivity contribution in [1.82, 2.24) is 15.4 Å². The first-order chi connectivity index (χ1) is 4.38. The van der Waals surface area contributed by atoms with E-state index in [2.05, 4.69) is 15.4 Å². The van der Waals surface area contributed by atoms with Gasteiger partial charge in [0.15, 0.2) is 0 Å². The van der Waals surface area contributed by atoms with E-state index < -0.39 is 0 Å². The van der Waals surface area contributed by atoms with Crippen LogP contribution in [0, 0.1) is 22.7 Å². The molecular formula is C4HLiN5+. The SMILES string of the molecule is N#Cc1n[nH]nc1C#N.[Li+]. The smallest absolute Gasteiger partial charge is 0.195 e. The zero-order valence-electron chi connectivity index (χ0n) is 5.29. The molecule has 0 aliphatic rings. The number of hydrogen-bond donors (Lipinski definition) is 1. The molecule has 42 valence electrons. The van der Waals surface area contributed by atoms with Crippen molar-refractivity contribution < 1.29 is 18.9 Å². The fourth-order valence-electron chi connectivity index (χ4n) is 0.387. The Kier molecular flexibility index (Phi) is 3.21. The average Bonchev–Trinajstić information content (AvgIpc) is 2.33. The number of hydrogen-bond acceptors (Lipinski definition) is 4. The maximum Gasteiger partial charge on any atom is 1.00 e. The fourth-order valence-corrected chi connectivity index (χ4v) is 0.387. The first-order valence-electron chi connectivity index (χ1n) is 2.09. The van der Waals surface area contributed by atoms with E-state index in [9.17, 15) is 0 Å². The topological polar surface area (TPSA) is 89.2 Å². The molecule has 1 N–H and O–H groups in total. The molecule has 0 bridgehead atoms. The molecule has 0 spiro atoms. The van der Waals surface area contributed by atoms with Gasteiger partial charge in [0.25, 0.3) is 0 Å². The normalized spacial score (nSPS) is 7.00. The van der Waals surface area contributed by atoms with Gasteiger partial charge in [0.1, 0.15) is 12.1 Å². The molecule has 6 heteroatoms. The van der Waals surface area contributed by atoms with Gasteiger partial charge in [-0.1, -0.05) is 0 Å². The summed E-state index contributed by atoms with van der Waals surface area (Å²) >= 11 is 0. The van der Waals surface area contributed by atoms with Crippen LogP contribution in [-0.2, 0) is 0 Å². The second-order valence-electron chi connectivity index (χ2n) is 1.24. The molecule has 0 fully saturated rings. The van der Waals surface area contributed by atoms with E-state index in [1.807, 2.05) is 0 Å². The van der Waals surface area contributed by atoms with Crippen LogP contribution in [0.3, 0.4) is 0 Å². The summed E-state index contributed by atoms with van der Waals surface area (Å²) in [7, 11) is 0. The minimum absolute atomic E-state index is 0. The summed E-state index contributed by atoms with van der Waals surface area (Å²) in [4.78, 5) is 0. The molecule has 5 nitrogen and oxygen atoms in total. The minimum Gasteiger partial charge on any atom is -0.195 e. The number of nitrogens with one attached hydrogen (secondary N) is 1. The standard InChI is InChI=1S/C4HN5.Li/c5-1-3-4(2-6)8-9-7-3;/h(H,7,8,9);/q;+1. The largest absolute Gasteiger partial charge is 1.00 e. The van der Waals surface area contributed by atoms with Crippen molar-refractivity contribution in [2.24, 2.45) is 0 Å². The number of aromatic nitrogens is 3. The summed E-state index contributed by atoms with van der Waals surface area (Å²) in [5.74, 6) is 0. The van der Waals surface area contributed by atoms with Crippen LogP contribution in [0.4, 0.5) is 0 Å². The monoisotopic (exact) mass is 126 g/mol. The van der Waals surface area contributed by atoms with Crippen LogP contribution >= 0.6 is 0 Å². The quantitative estimate of drug-likeness (QED) is 0.366. The molecule has 0 amide bonds. The van der Waals surface area contributed by atoms with E-state index in [1.54, 1.807) is 12.1 Å². The third-order valence-electron chi connectivity index (χ3n) is 0.760. The number of nitrogens with zero attached hydrogens (tertiary/aromatic N) is 4. The maximum absolute atomic E-state index is 8.21. The van der Waals surface area contributed by atoms with Gasteiger partial charge in [-0.05, 0) is 0 Å². The molecule has 10 heavy (non-hydrogen) atoms. The summed E-state index contributed by atoms with van der Waals surface area (Å²) in [5, 5.41) is 25.4. The molecule has 0 saturated heterocycles. The molecule has 1 aromatic heterocycles. The second-order valence-corrected chi connectivity index (χ2v) is 1.24. The van der Waals surface area contributed by atoms with Gasteiger partial charge in [0.05, 0.1) is 0 Å². The maximum atomic E-state index is 8.21. The van der Waals surface area contributed by atoms with Crippen LogP contribution in [0.1, 0.15) is 11.4 Å². The molecule has 0 aliphatic carbocycles. The van der Waals surface area contributed by atoms with Crippen LogP contribution < -0.4 is 18.9 Å². The molecule has 1 rings (SSSR count). The van der Waals surface area contributed by atoms with E-state index in [0.29, 0.717) is 0 Å². The van der Waals surface area contributed by atoms with E-state index in [4.69, 9.17) is 10.5 Å². The predicted molar refractivity (Wildman–Crippen MR) is 25.8 cm³/mol. The van der Waals surface area contributed by atoms with Crippen molar-refractivity contribution in [2.45, 2.75) is 0 Å². The molecule has 0 atom stereocenters. The van der Waals surface area contributed by atoms with Crippen molar-refractivity contribution in [1.29, 1.82) is 10.5 Å². The van der Waals surface area contributed by atoms with Gasteiger partial charge in [-0.25, -0.2) is 0 Å². The Morgan fingerprint density at radius 1 is 1.10 bits per heavy atom. The third kappa shape index (κ3) is 1.36. The van der Waals surface area contributed by atoms with E-state index in [1.165, 1.54) is 0 Å². The number of aromatic amines is 1. The summed E-state index contributed by atoms with van der Waals surface area (Å²) in [5.41, 5.74) is 0.0787. The van der Waals surface area contributed by atoms with Crippen molar-refractivity contribution in [3.05, 3.63) is 11.4 Å².